The van der Waals surface area contributed by atoms with Crippen LogP contribution in [0.5, 0.6) is 0 Å². The van der Waals surface area contributed by atoms with Crippen molar-refractivity contribution in [1.29, 1.82) is 0 Å². The number of aryl methyl sites for hydroxylation is 1. The molecule has 152 valence electrons. The summed E-state index contributed by atoms with van der Waals surface area (Å²) in [4.78, 5) is 26.3. The highest BCUT2D eigenvalue weighted by Crippen LogP contribution is 2.42. The van der Waals surface area contributed by atoms with Crippen LogP contribution in [0.4, 0.5) is 13.2 Å². The Hall–Kier alpha value is -2.74. The van der Waals surface area contributed by atoms with Crippen molar-refractivity contribution in [2.24, 2.45) is 0 Å². The fourth-order valence-corrected chi connectivity index (χ4v) is 4.30. The van der Waals surface area contributed by atoms with Crippen LogP contribution in [0.25, 0.3) is 4.91 Å². The monoisotopic (exact) mass is 421 g/mol. The molecule has 0 saturated heterocycles. The van der Waals surface area contributed by atoms with E-state index in [4.69, 9.17) is 0 Å². The van der Waals surface area contributed by atoms with Gasteiger partial charge < -0.3 is 10.0 Å². The van der Waals surface area contributed by atoms with Crippen LogP contribution in [0.3, 0.4) is 0 Å². The molecule has 4 nitrogen and oxygen atoms in total. The maximum Gasteiger partial charge on any atom is 0.416 e. The van der Waals surface area contributed by atoms with Crippen LogP contribution in [0.15, 0.2) is 54.6 Å². The Morgan fingerprint density at radius 2 is 1.76 bits per heavy atom. The van der Waals surface area contributed by atoms with Crippen molar-refractivity contribution in [3.63, 3.8) is 0 Å². The summed E-state index contributed by atoms with van der Waals surface area (Å²) in [6.07, 6.45) is -2.95. The molecule has 3 rings (SSSR count). The van der Waals surface area contributed by atoms with E-state index >= 15 is 0 Å². The van der Waals surface area contributed by atoms with E-state index in [0.717, 1.165) is 29.5 Å². The summed E-state index contributed by atoms with van der Waals surface area (Å²) >= 11 is 0.943. The first-order valence-corrected chi connectivity index (χ1v) is 9.58. The second-order valence-corrected chi connectivity index (χ2v) is 7.94. The molecule has 1 N–H and O–H groups in total. The maximum atomic E-state index is 13.0. The average Bonchev–Trinajstić information content (AvgIpc) is 3.13. The van der Waals surface area contributed by atoms with Crippen molar-refractivity contribution in [3.8, 4) is 0 Å². The third kappa shape index (κ3) is 4.48. The molecular formula is C21H18F3NO3S. The summed E-state index contributed by atoms with van der Waals surface area (Å²) in [6.45, 7) is 1.89. The van der Waals surface area contributed by atoms with Gasteiger partial charge in [-0.15, -0.1) is 11.8 Å². The SMILES string of the molecule is Cc1ccc(C(=O)N(C)C2C=C(c3cccc(C(F)(F)F)c3)SC2C(=O)O)cc1. The van der Waals surface area contributed by atoms with Crippen molar-refractivity contribution in [2.45, 2.75) is 24.4 Å². The lowest BCUT2D eigenvalue weighted by Crippen LogP contribution is -2.43. The molecule has 0 aromatic heterocycles. The number of carboxylic acids is 1. The van der Waals surface area contributed by atoms with E-state index in [1.165, 1.54) is 24.1 Å². The van der Waals surface area contributed by atoms with E-state index in [0.29, 0.717) is 10.5 Å². The van der Waals surface area contributed by atoms with E-state index in [2.05, 4.69) is 0 Å². The van der Waals surface area contributed by atoms with Crippen molar-refractivity contribution < 1.29 is 27.9 Å². The van der Waals surface area contributed by atoms with Crippen LogP contribution in [0, 0.1) is 6.92 Å². The van der Waals surface area contributed by atoms with Crippen LogP contribution in [0.1, 0.15) is 27.0 Å². The van der Waals surface area contributed by atoms with E-state index < -0.39 is 29.0 Å². The van der Waals surface area contributed by atoms with Gasteiger partial charge in [0.2, 0.25) is 0 Å². The molecule has 2 aromatic rings. The van der Waals surface area contributed by atoms with Gasteiger partial charge in [-0.2, -0.15) is 13.2 Å². The number of amides is 1. The van der Waals surface area contributed by atoms with Gasteiger partial charge >= 0.3 is 12.1 Å². The largest absolute Gasteiger partial charge is 0.480 e. The first-order valence-electron chi connectivity index (χ1n) is 8.70. The van der Waals surface area contributed by atoms with Crippen LogP contribution in [-0.4, -0.2) is 40.2 Å². The number of carbonyl (C=O) groups is 2. The van der Waals surface area contributed by atoms with Gasteiger partial charge in [-0.05, 0) is 42.8 Å². The van der Waals surface area contributed by atoms with Gasteiger partial charge in [0.05, 0.1) is 11.6 Å². The fourth-order valence-electron chi connectivity index (χ4n) is 3.05. The number of hydrogen-bond acceptors (Lipinski definition) is 3. The third-order valence-corrected chi connectivity index (χ3v) is 6.03. The standard InChI is InChI=1S/C21H18F3NO3S/c1-12-6-8-13(9-7-12)19(26)25(2)16-11-17(29-18(16)20(27)28)14-4-3-5-15(10-14)21(22,23)24/h3-11,16,18H,1-2H3,(H,27,28). The number of alkyl halides is 3. The van der Waals surface area contributed by atoms with Gasteiger partial charge in [0.25, 0.3) is 5.91 Å². The van der Waals surface area contributed by atoms with Crippen LogP contribution in [-0.2, 0) is 11.0 Å². The normalized spacial score (nSPS) is 19.0. The molecule has 1 heterocycles. The quantitative estimate of drug-likeness (QED) is 0.778. The summed E-state index contributed by atoms with van der Waals surface area (Å²) in [5.41, 5.74) is 0.856. The highest BCUT2D eigenvalue weighted by molar-refractivity contribution is 8.09. The molecule has 0 aliphatic carbocycles. The number of benzene rings is 2. The number of hydrogen-bond donors (Lipinski definition) is 1. The molecule has 2 aromatic carbocycles. The number of thioether (sulfide) groups is 1. The number of carboxylic acid groups (broad SMARTS) is 1. The summed E-state index contributed by atoms with van der Waals surface area (Å²) < 4.78 is 39.0. The molecule has 0 bridgehead atoms. The lowest BCUT2D eigenvalue weighted by atomic mass is 10.1. The molecule has 29 heavy (non-hydrogen) atoms. The minimum Gasteiger partial charge on any atom is -0.480 e. The molecule has 1 amide bonds. The van der Waals surface area contributed by atoms with E-state index in [1.54, 1.807) is 30.3 Å². The summed E-state index contributed by atoms with van der Waals surface area (Å²) in [5, 5.41) is 8.58. The minimum absolute atomic E-state index is 0.273. The van der Waals surface area contributed by atoms with Crippen LogP contribution < -0.4 is 0 Å². The van der Waals surface area contributed by atoms with E-state index in [1.807, 2.05) is 6.92 Å². The molecular weight excluding hydrogens is 403 g/mol. The molecule has 0 spiro atoms. The zero-order valence-electron chi connectivity index (χ0n) is 15.6. The third-order valence-electron chi connectivity index (χ3n) is 4.67. The van der Waals surface area contributed by atoms with Crippen LogP contribution in [0.2, 0.25) is 0 Å². The number of carbonyl (C=O) groups excluding carboxylic acids is 1. The van der Waals surface area contributed by atoms with Crippen molar-refractivity contribution >= 4 is 28.5 Å². The van der Waals surface area contributed by atoms with Gasteiger partial charge in [-0.25, -0.2) is 0 Å². The number of nitrogens with zero attached hydrogens (tertiary/aromatic N) is 1. The second-order valence-electron chi connectivity index (χ2n) is 6.76. The molecule has 0 saturated carbocycles. The Bertz CT molecular complexity index is 970. The number of halogens is 3. The number of aliphatic carboxylic acids is 1. The first kappa shape index (κ1) is 21.0. The summed E-state index contributed by atoms with van der Waals surface area (Å²) in [5.74, 6) is -1.50. The molecule has 1 aliphatic rings. The highest BCUT2D eigenvalue weighted by atomic mass is 32.2. The predicted octanol–water partition coefficient (Wildman–Crippen LogP) is 4.70. The topological polar surface area (TPSA) is 57.6 Å². The number of rotatable bonds is 4. The van der Waals surface area contributed by atoms with Crippen LogP contribution >= 0.6 is 11.8 Å². The Morgan fingerprint density at radius 1 is 1.10 bits per heavy atom. The van der Waals surface area contributed by atoms with Gasteiger partial charge in [0.15, 0.2) is 0 Å². The Kier molecular flexibility index (Phi) is 5.75. The second kappa shape index (κ2) is 7.94. The van der Waals surface area contributed by atoms with Crippen molar-refractivity contribution in [1.82, 2.24) is 4.90 Å². The van der Waals surface area contributed by atoms with Crippen molar-refractivity contribution in [2.75, 3.05) is 7.05 Å². The first-order chi connectivity index (χ1) is 13.6. The molecule has 8 heteroatoms. The highest BCUT2D eigenvalue weighted by Gasteiger charge is 2.39. The van der Waals surface area contributed by atoms with Gasteiger partial charge in [0.1, 0.15) is 5.25 Å². The van der Waals surface area contributed by atoms with Gasteiger partial charge in [-0.1, -0.05) is 29.8 Å². The number of likely N-dealkylation sites (N-methyl/N-ethyl adjacent to an activating group) is 1. The molecule has 2 atom stereocenters. The van der Waals surface area contributed by atoms with Crippen molar-refractivity contribution in [3.05, 3.63) is 76.9 Å². The zero-order valence-corrected chi connectivity index (χ0v) is 16.4. The Balaban J connectivity index is 1.92. The average molecular weight is 421 g/mol. The summed E-state index contributed by atoms with van der Waals surface area (Å²) in [6, 6.07) is 10.8. The fraction of sp³-hybridized carbons (Fsp3) is 0.238. The molecule has 0 radical (unpaired) electrons. The lowest BCUT2D eigenvalue weighted by Gasteiger charge is -2.26. The van der Waals surface area contributed by atoms with E-state index in [-0.39, 0.29) is 11.5 Å². The molecule has 1 aliphatic heterocycles. The molecule has 2 unspecified atom stereocenters. The smallest absolute Gasteiger partial charge is 0.416 e. The minimum atomic E-state index is -4.50. The Labute approximate surface area is 170 Å². The van der Waals surface area contributed by atoms with Gasteiger partial charge in [-0.3, -0.25) is 9.59 Å². The zero-order chi connectivity index (χ0) is 21.3. The maximum absolute atomic E-state index is 13.0. The summed E-state index contributed by atoms with van der Waals surface area (Å²) in [7, 11) is 1.49. The van der Waals surface area contributed by atoms with E-state index in [9.17, 15) is 27.9 Å². The lowest BCUT2D eigenvalue weighted by molar-refractivity contribution is -0.138. The predicted molar refractivity (Wildman–Crippen MR) is 105 cm³/mol. The molecule has 0 fully saturated rings. The van der Waals surface area contributed by atoms with Gasteiger partial charge in [0, 0.05) is 17.5 Å². The Morgan fingerprint density at radius 3 is 2.34 bits per heavy atom.